The fourth-order valence-electron chi connectivity index (χ4n) is 1.37. The Hall–Kier alpha value is -1.88. The van der Waals surface area contributed by atoms with Crippen molar-refractivity contribution in [3.8, 4) is 0 Å². The van der Waals surface area contributed by atoms with Gasteiger partial charge in [0.2, 0.25) is 0 Å². The van der Waals surface area contributed by atoms with E-state index < -0.39 is 0 Å². The van der Waals surface area contributed by atoms with Gasteiger partial charge < -0.3 is 11.1 Å². The molecule has 0 aliphatic carbocycles. The summed E-state index contributed by atoms with van der Waals surface area (Å²) in [5, 5.41) is 3.49. The van der Waals surface area contributed by atoms with Gasteiger partial charge in [-0.15, -0.1) is 0 Å². The summed E-state index contributed by atoms with van der Waals surface area (Å²) in [6, 6.07) is 5.19. The van der Waals surface area contributed by atoms with E-state index in [4.69, 9.17) is 17.3 Å². The fraction of sp³-hybridized carbons (Fsp3) is 0.182. The van der Waals surface area contributed by atoms with E-state index >= 15 is 0 Å². The summed E-state index contributed by atoms with van der Waals surface area (Å²) >= 11 is 5.79. The van der Waals surface area contributed by atoms with Crippen LogP contribution in [0.4, 0.5) is 11.5 Å². The number of rotatable bonds is 3. The molecule has 0 saturated heterocycles. The van der Waals surface area contributed by atoms with Gasteiger partial charge in [-0.1, -0.05) is 11.6 Å². The molecule has 17 heavy (non-hydrogen) atoms. The quantitative estimate of drug-likeness (QED) is 0.814. The van der Waals surface area contributed by atoms with E-state index in [1.54, 1.807) is 18.3 Å². The lowest BCUT2D eigenvalue weighted by Crippen LogP contribution is -2.06. The fourth-order valence-corrected chi connectivity index (χ4v) is 1.51. The highest BCUT2D eigenvalue weighted by atomic mass is 35.5. The molecule has 0 unspecified atom stereocenters. The Labute approximate surface area is 104 Å². The van der Waals surface area contributed by atoms with E-state index in [9.17, 15) is 0 Å². The molecule has 5 nitrogen and oxygen atoms in total. The second-order valence-electron chi connectivity index (χ2n) is 3.52. The van der Waals surface area contributed by atoms with Crippen LogP contribution >= 0.6 is 11.6 Å². The largest absolute Gasteiger partial charge is 0.396 e. The maximum absolute atomic E-state index is 5.79. The molecular weight excluding hydrogens is 238 g/mol. The average molecular weight is 250 g/mol. The third-order valence-electron chi connectivity index (χ3n) is 2.16. The molecule has 0 aliphatic rings. The van der Waals surface area contributed by atoms with Crippen molar-refractivity contribution >= 4 is 23.1 Å². The van der Waals surface area contributed by atoms with Gasteiger partial charge in [0.25, 0.3) is 0 Å². The maximum atomic E-state index is 5.79. The van der Waals surface area contributed by atoms with Gasteiger partial charge in [0.15, 0.2) is 5.82 Å². The zero-order valence-electron chi connectivity index (χ0n) is 9.31. The molecule has 0 amide bonds. The predicted molar refractivity (Wildman–Crippen MR) is 67.8 cm³/mol. The van der Waals surface area contributed by atoms with Gasteiger partial charge in [0, 0.05) is 6.20 Å². The standard InChI is InChI=1S/C11H12ClN5/c1-7-14-5-4-8(16-7)6-15-11-9(13)2-3-10(12)17-11/h2-5H,6,13H2,1H3,(H,15,17). The minimum atomic E-state index is 0.403. The summed E-state index contributed by atoms with van der Waals surface area (Å²) < 4.78 is 0. The number of aryl methyl sites for hydroxylation is 1. The molecule has 2 aromatic heterocycles. The van der Waals surface area contributed by atoms with Crippen LogP contribution in [0, 0.1) is 6.92 Å². The number of pyridine rings is 1. The molecule has 0 aromatic carbocycles. The summed E-state index contributed by atoms with van der Waals surface area (Å²) in [5.74, 6) is 1.30. The van der Waals surface area contributed by atoms with Crippen molar-refractivity contribution in [2.45, 2.75) is 13.5 Å². The monoisotopic (exact) mass is 249 g/mol. The summed E-state index contributed by atoms with van der Waals surface area (Å²) in [5.41, 5.74) is 7.20. The van der Waals surface area contributed by atoms with Crippen LogP contribution in [0.5, 0.6) is 0 Å². The van der Waals surface area contributed by atoms with Crippen molar-refractivity contribution in [2.75, 3.05) is 11.1 Å². The van der Waals surface area contributed by atoms with Crippen molar-refractivity contribution in [3.63, 3.8) is 0 Å². The highest BCUT2D eigenvalue weighted by Gasteiger charge is 2.02. The first kappa shape index (κ1) is 11.6. The van der Waals surface area contributed by atoms with Crippen molar-refractivity contribution in [3.05, 3.63) is 41.1 Å². The Bertz CT molecular complexity index is 529. The summed E-state index contributed by atoms with van der Waals surface area (Å²) in [7, 11) is 0. The molecule has 0 aliphatic heterocycles. The number of hydrogen-bond acceptors (Lipinski definition) is 5. The van der Waals surface area contributed by atoms with Crippen LogP contribution in [-0.2, 0) is 6.54 Å². The number of halogens is 1. The second-order valence-corrected chi connectivity index (χ2v) is 3.91. The number of nitrogens with zero attached hydrogens (tertiary/aromatic N) is 3. The normalized spacial score (nSPS) is 10.2. The second kappa shape index (κ2) is 4.97. The smallest absolute Gasteiger partial charge is 0.151 e. The molecule has 0 radical (unpaired) electrons. The van der Waals surface area contributed by atoms with E-state index in [2.05, 4.69) is 20.3 Å². The molecule has 0 spiro atoms. The first-order chi connectivity index (χ1) is 8.15. The molecule has 3 N–H and O–H groups in total. The molecule has 2 aromatic rings. The molecule has 0 atom stereocenters. The number of hydrogen-bond donors (Lipinski definition) is 2. The molecular formula is C11H12ClN5. The summed E-state index contributed by atoms with van der Waals surface area (Å²) in [6.45, 7) is 2.37. The lowest BCUT2D eigenvalue weighted by atomic mass is 10.3. The van der Waals surface area contributed by atoms with Gasteiger partial charge >= 0.3 is 0 Å². The maximum Gasteiger partial charge on any atom is 0.151 e. The first-order valence-electron chi connectivity index (χ1n) is 5.09. The molecule has 0 bridgehead atoms. The lowest BCUT2D eigenvalue weighted by molar-refractivity contribution is 0.950. The number of nitrogens with two attached hydrogens (primary N) is 1. The van der Waals surface area contributed by atoms with Gasteiger partial charge in [0.05, 0.1) is 17.9 Å². The van der Waals surface area contributed by atoms with Gasteiger partial charge in [-0.2, -0.15) is 0 Å². The molecule has 0 saturated carbocycles. The third-order valence-corrected chi connectivity index (χ3v) is 2.37. The van der Waals surface area contributed by atoms with Crippen LogP contribution in [-0.4, -0.2) is 15.0 Å². The Morgan fingerprint density at radius 1 is 1.29 bits per heavy atom. The Morgan fingerprint density at radius 3 is 2.88 bits per heavy atom. The van der Waals surface area contributed by atoms with Crippen molar-refractivity contribution in [1.82, 2.24) is 15.0 Å². The third kappa shape index (κ3) is 3.04. The van der Waals surface area contributed by atoms with Crippen molar-refractivity contribution in [1.29, 1.82) is 0 Å². The number of nitrogen functional groups attached to an aromatic ring is 1. The van der Waals surface area contributed by atoms with E-state index in [1.807, 2.05) is 13.0 Å². The van der Waals surface area contributed by atoms with E-state index in [1.165, 1.54) is 0 Å². The van der Waals surface area contributed by atoms with Crippen LogP contribution in [0.1, 0.15) is 11.5 Å². The average Bonchev–Trinajstić information content (AvgIpc) is 2.30. The molecule has 6 heteroatoms. The minimum absolute atomic E-state index is 0.403. The SMILES string of the molecule is Cc1nccc(CNc2nc(Cl)ccc2N)n1. The summed E-state index contributed by atoms with van der Waals surface area (Å²) in [4.78, 5) is 12.4. The van der Waals surface area contributed by atoms with E-state index in [0.717, 1.165) is 11.5 Å². The topological polar surface area (TPSA) is 76.7 Å². The minimum Gasteiger partial charge on any atom is -0.396 e. The van der Waals surface area contributed by atoms with Crippen molar-refractivity contribution in [2.24, 2.45) is 0 Å². The summed E-state index contributed by atoms with van der Waals surface area (Å²) in [6.07, 6.45) is 1.72. The molecule has 0 fully saturated rings. The van der Waals surface area contributed by atoms with Gasteiger partial charge in [-0.3, -0.25) is 0 Å². The lowest BCUT2D eigenvalue weighted by Gasteiger charge is -2.08. The Balaban J connectivity index is 2.09. The van der Waals surface area contributed by atoms with Crippen LogP contribution < -0.4 is 11.1 Å². The highest BCUT2D eigenvalue weighted by molar-refractivity contribution is 6.29. The zero-order valence-corrected chi connectivity index (χ0v) is 10.1. The van der Waals surface area contributed by atoms with Crippen LogP contribution in [0.25, 0.3) is 0 Å². The predicted octanol–water partition coefficient (Wildman–Crippen LogP) is 2.03. The number of anilines is 2. The van der Waals surface area contributed by atoms with Crippen LogP contribution in [0.3, 0.4) is 0 Å². The van der Waals surface area contributed by atoms with Gasteiger partial charge in [-0.05, 0) is 25.1 Å². The van der Waals surface area contributed by atoms with Gasteiger partial charge in [-0.25, -0.2) is 15.0 Å². The van der Waals surface area contributed by atoms with E-state index in [-0.39, 0.29) is 0 Å². The van der Waals surface area contributed by atoms with E-state index in [0.29, 0.717) is 23.2 Å². The van der Waals surface area contributed by atoms with Crippen molar-refractivity contribution < 1.29 is 0 Å². The van der Waals surface area contributed by atoms with Gasteiger partial charge in [0.1, 0.15) is 11.0 Å². The molecule has 2 heterocycles. The van der Waals surface area contributed by atoms with Crippen LogP contribution in [0.15, 0.2) is 24.4 Å². The van der Waals surface area contributed by atoms with Crippen LogP contribution in [0.2, 0.25) is 5.15 Å². The highest BCUT2D eigenvalue weighted by Crippen LogP contribution is 2.18. The Kier molecular flexibility index (Phi) is 3.39. The number of nitrogens with one attached hydrogen (secondary N) is 1. The molecule has 88 valence electrons. The Morgan fingerprint density at radius 2 is 2.12 bits per heavy atom. The number of aromatic nitrogens is 3. The zero-order chi connectivity index (χ0) is 12.3. The molecule has 2 rings (SSSR count). The first-order valence-corrected chi connectivity index (χ1v) is 5.47.